The van der Waals surface area contributed by atoms with E-state index >= 15 is 0 Å². The molecule has 0 unspecified atom stereocenters. The molecule has 5 aromatic carbocycles. The second kappa shape index (κ2) is 16.4. The van der Waals surface area contributed by atoms with Crippen LogP contribution in [0.1, 0.15) is 44.3 Å². The lowest BCUT2D eigenvalue weighted by Gasteiger charge is -2.47. The number of rotatable bonds is 14. The molecule has 0 N–H and O–H groups in total. The summed E-state index contributed by atoms with van der Waals surface area (Å²) in [4.78, 5) is 28.9. The minimum absolute atomic E-state index is 0.224. The van der Waals surface area contributed by atoms with Gasteiger partial charge in [-0.15, -0.1) is 0 Å². The number of ketones is 2. The highest BCUT2D eigenvalue weighted by Gasteiger charge is 2.52. The van der Waals surface area contributed by atoms with Crippen molar-refractivity contribution in [3.8, 4) is 0 Å². The molecule has 0 aliphatic carbocycles. The molecule has 6 heteroatoms. The van der Waals surface area contributed by atoms with E-state index in [4.69, 9.17) is 18.9 Å². The topological polar surface area (TPSA) is 71.1 Å². The average molecular weight is 641 g/mol. The van der Waals surface area contributed by atoms with Gasteiger partial charge in [-0.2, -0.15) is 0 Å². The van der Waals surface area contributed by atoms with Crippen LogP contribution < -0.4 is 0 Å². The van der Waals surface area contributed by atoms with Gasteiger partial charge in [0.05, 0.1) is 25.9 Å². The Bertz CT molecular complexity index is 1660. The molecule has 0 radical (unpaired) electrons. The summed E-state index contributed by atoms with van der Waals surface area (Å²) >= 11 is 0. The Hall–Kier alpha value is -4.72. The molecule has 48 heavy (non-hydrogen) atoms. The van der Waals surface area contributed by atoms with Crippen molar-refractivity contribution in [3.05, 3.63) is 179 Å². The Morgan fingerprint density at radius 1 is 0.500 bits per heavy atom. The summed E-state index contributed by atoms with van der Waals surface area (Å²) in [6.45, 7) is 2.75. The maximum Gasteiger partial charge on any atom is 0.176 e. The van der Waals surface area contributed by atoms with Crippen LogP contribution in [0, 0.1) is 5.92 Å². The van der Waals surface area contributed by atoms with Crippen molar-refractivity contribution in [1.82, 2.24) is 0 Å². The first-order valence-electron chi connectivity index (χ1n) is 16.4. The fraction of sp³-hybridized carbons (Fsp3) is 0.238. The second-order valence-corrected chi connectivity index (χ2v) is 12.0. The maximum absolute atomic E-state index is 14.4. The number of ether oxygens (including phenoxy) is 4. The first-order valence-corrected chi connectivity index (χ1v) is 16.4. The third kappa shape index (κ3) is 8.22. The van der Waals surface area contributed by atoms with Crippen molar-refractivity contribution in [2.75, 3.05) is 0 Å². The molecule has 6 nitrogen and oxygen atoms in total. The van der Waals surface area contributed by atoms with Crippen molar-refractivity contribution in [2.45, 2.75) is 57.3 Å². The molecule has 1 aliphatic rings. The molecular weight excluding hydrogens is 600 g/mol. The van der Waals surface area contributed by atoms with Gasteiger partial charge in [-0.05, 0) is 23.6 Å². The molecule has 6 rings (SSSR count). The highest BCUT2D eigenvalue weighted by molar-refractivity contribution is 6.16. The van der Waals surface area contributed by atoms with E-state index in [0.717, 1.165) is 16.7 Å². The van der Waals surface area contributed by atoms with Gasteiger partial charge in [0.2, 0.25) is 0 Å². The molecule has 5 aromatic rings. The van der Waals surface area contributed by atoms with Gasteiger partial charge in [0.15, 0.2) is 11.6 Å². The number of carbonyl (C=O) groups excluding carboxylic acids is 2. The monoisotopic (exact) mass is 640 g/mol. The molecule has 1 fully saturated rings. The summed E-state index contributed by atoms with van der Waals surface area (Å²) in [5.74, 6) is -1.86. The predicted molar refractivity (Wildman–Crippen MR) is 184 cm³/mol. The van der Waals surface area contributed by atoms with Crippen LogP contribution in [-0.4, -0.2) is 42.1 Å². The molecule has 1 aliphatic heterocycles. The minimum atomic E-state index is -1.20. The Kier molecular flexibility index (Phi) is 11.3. The van der Waals surface area contributed by atoms with Crippen LogP contribution in [0.3, 0.4) is 0 Å². The molecule has 0 bridgehead atoms. The van der Waals surface area contributed by atoms with Crippen LogP contribution in [0.15, 0.2) is 152 Å². The normalized spacial score (nSPS) is 20.8. The maximum atomic E-state index is 14.4. The van der Waals surface area contributed by atoms with Gasteiger partial charge < -0.3 is 18.9 Å². The Morgan fingerprint density at radius 3 is 1.23 bits per heavy atom. The summed E-state index contributed by atoms with van der Waals surface area (Å²) in [6.07, 6.45) is -3.59. The lowest BCUT2D eigenvalue weighted by Crippen LogP contribution is -2.62. The van der Waals surface area contributed by atoms with E-state index in [0.29, 0.717) is 17.7 Å². The van der Waals surface area contributed by atoms with Crippen molar-refractivity contribution in [1.29, 1.82) is 0 Å². The molecule has 5 atom stereocenters. The number of carbonyl (C=O) groups is 2. The third-order valence-corrected chi connectivity index (χ3v) is 8.67. The van der Waals surface area contributed by atoms with Gasteiger partial charge in [-0.3, -0.25) is 9.59 Å². The first-order chi connectivity index (χ1) is 23.6. The van der Waals surface area contributed by atoms with Gasteiger partial charge in [-0.1, -0.05) is 152 Å². The first kappa shape index (κ1) is 33.2. The largest absolute Gasteiger partial charge is 0.368 e. The Morgan fingerprint density at radius 2 is 0.833 bits per heavy atom. The SMILES string of the molecule is C[C@@H]1O[C@H](C(C(=O)c2ccccc2)C(=O)c2ccccc2)[C@H](OCc2ccccc2)[C@H](OCc2ccccc2)[C@H]1OCc1ccccc1. The van der Waals surface area contributed by atoms with Gasteiger partial charge >= 0.3 is 0 Å². The summed E-state index contributed by atoms with van der Waals surface area (Å²) in [5, 5.41) is 0. The molecule has 1 heterocycles. The van der Waals surface area contributed by atoms with E-state index in [1.165, 1.54) is 0 Å². The Labute approximate surface area is 282 Å². The number of hydrogen-bond acceptors (Lipinski definition) is 6. The van der Waals surface area contributed by atoms with E-state index in [-0.39, 0.29) is 24.8 Å². The standard InChI is InChI=1S/C42H40O6/c1-30-39(45-27-31-17-7-2-8-18-31)41(46-28-32-19-9-3-10-20-32)42(47-29-33-21-11-4-12-22-33)40(48-30)36(37(43)34-23-13-5-14-24-34)38(44)35-25-15-6-16-26-35/h2-26,30,36,39-42H,27-29H2,1H3/t30-,39-,40+,41+,42-/m0/s1. The third-order valence-electron chi connectivity index (χ3n) is 8.67. The number of benzene rings is 5. The highest BCUT2D eigenvalue weighted by atomic mass is 16.6. The number of Topliss-reactive ketones (excluding diaryl/α,β-unsaturated/α-hetero) is 2. The van der Waals surface area contributed by atoms with Crippen LogP contribution in [0.25, 0.3) is 0 Å². The fourth-order valence-corrected chi connectivity index (χ4v) is 6.20. The van der Waals surface area contributed by atoms with E-state index in [9.17, 15) is 9.59 Å². The van der Waals surface area contributed by atoms with Crippen molar-refractivity contribution < 1.29 is 28.5 Å². The van der Waals surface area contributed by atoms with Gasteiger partial charge in [0.25, 0.3) is 0 Å². The highest BCUT2D eigenvalue weighted by Crippen LogP contribution is 2.36. The summed E-state index contributed by atoms with van der Waals surface area (Å²) in [5.41, 5.74) is 3.78. The lowest BCUT2D eigenvalue weighted by atomic mass is 9.79. The smallest absolute Gasteiger partial charge is 0.176 e. The van der Waals surface area contributed by atoms with Crippen LogP contribution >= 0.6 is 0 Å². The molecule has 244 valence electrons. The lowest BCUT2D eigenvalue weighted by molar-refractivity contribution is -0.264. The van der Waals surface area contributed by atoms with E-state index in [1.807, 2.05) is 110 Å². The van der Waals surface area contributed by atoms with Crippen LogP contribution in [0.4, 0.5) is 0 Å². The van der Waals surface area contributed by atoms with Crippen LogP contribution in [-0.2, 0) is 38.8 Å². The van der Waals surface area contributed by atoms with Crippen LogP contribution in [0.2, 0.25) is 0 Å². The van der Waals surface area contributed by atoms with Gasteiger partial charge in [-0.25, -0.2) is 0 Å². The zero-order valence-corrected chi connectivity index (χ0v) is 27.0. The fourth-order valence-electron chi connectivity index (χ4n) is 6.20. The van der Waals surface area contributed by atoms with Crippen molar-refractivity contribution in [2.24, 2.45) is 5.92 Å². The molecule has 1 saturated heterocycles. The molecule has 0 saturated carbocycles. The summed E-state index contributed by atoms with van der Waals surface area (Å²) in [7, 11) is 0. The van der Waals surface area contributed by atoms with Crippen molar-refractivity contribution >= 4 is 11.6 Å². The minimum Gasteiger partial charge on any atom is -0.368 e. The quantitative estimate of drug-likeness (QED) is 0.0908. The summed E-state index contributed by atoms with van der Waals surface area (Å²) < 4.78 is 26.8. The van der Waals surface area contributed by atoms with Gasteiger partial charge in [0, 0.05) is 11.1 Å². The van der Waals surface area contributed by atoms with E-state index in [2.05, 4.69) is 0 Å². The summed E-state index contributed by atoms with van der Waals surface area (Å²) in [6, 6.07) is 47.4. The molecule has 0 aromatic heterocycles. The van der Waals surface area contributed by atoms with Crippen LogP contribution in [0.5, 0.6) is 0 Å². The Balaban J connectivity index is 1.41. The molecule has 0 spiro atoms. The zero-order chi connectivity index (χ0) is 33.1. The second-order valence-electron chi connectivity index (χ2n) is 12.0. The predicted octanol–water partition coefficient (Wildman–Crippen LogP) is 7.91. The van der Waals surface area contributed by atoms with Gasteiger partial charge in [0.1, 0.15) is 30.3 Å². The van der Waals surface area contributed by atoms with E-state index < -0.39 is 36.4 Å². The van der Waals surface area contributed by atoms with E-state index in [1.54, 1.807) is 48.5 Å². The number of hydrogen-bond donors (Lipinski definition) is 0. The molecule has 0 amide bonds. The average Bonchev–Trinajstić information content (AvgIpc) is 3.15. The zero-order valence-electron chi connectivity index (χ0n) is 27.0. The van der Waals surface area contributed by atoms with Crippen molar-refractivity contribution in [3.63, 3.8) is 0 Å². The molecular formula is C42H40O6.